The molecule has 2 heteroatoms. The van der Waals surface area contributed by atoms with E-state index in [4.69, 9.17) is 0 Å². The fraction of sp³-hybridized carbons (Fsp3) is 0.586. The Balaban J connectivity index is 2.28. The highest BCUT2D eigenvalue weighted by molar-refractivity contribution is 5.38. The minimum absolute atomic E-state index is 0.378. The third-order valence-corrected chi connectivity index (χ3v) is 6.32. The van der Waals surface area contributed by atoms with Crippen LogP contribution in [-0.4, -0.2) is 12.1 Å². The second-order valence-corrected chi connectivity index (χ2v) is 9.27. The van der Waals surface area contributed by atoms with Gasteiger partial charge in [-0.1, -0.05) is 126 Å². The fourth-order valence-electron chi connectivity index (χ4n) is 4.56. The first kappa shape index (κ1) is 25.6. The normalized spacial score (nSPS) is 13.8. The maximum Gasteiger partial charge on any atom is 0.122 e. The average Bonchev–Trinajstić information content (AvgIpc) is 2.80. The van der Waals surface area contributed by atoms with Crippen molar-refractivity contribution in [1.82, 2.24) is 10.6 Å². The van der Waals surface area contributed by atoms with Gasteiger partial charge in [-0.3, -0.25) is 10.6 Å². The molecule has 0 bridgehead atoms. The van der Waals surface area contributed by atoms with E-state index >= 15 is 0 Å². The van der Waals surface area contributed by atoms with Crippen molar-refractivity contribution in [3.63, 3.8) is 0 Å². The summed E-state index contributed by atoms with van der Waals surface area (Å²) < 4.78 is 0. The molecule has 0 aliphatic rings. The third-order valence-electron chi connectivity index (χ3n) is 6.32. The molecule has 2 aromatic rings. The highest BCUT2D eigenvalue weighted by Crippen LogP contribution is 2.30. The monoisotopic (exact) mass is 422 g/mol. The largest absolute Gasteiger partial charge is 0.289 e. The molecule has 0 heterocycles. The van der Waals surface area contributed by atoms with Crippen molar-refractivity contribution in [2.75, 3.05) is 0 Å². The van der Waals surface area contributed by atoms with Crippen LogP contribution in [0.4, 0.5) is 0 Å². The van der Waals surface area contributed by atoms with Gasteiger partial charge in [-0.15, -0.1) is 0 Å². The van der Waals surface area contributed by atoms with Crippen molar-refractivity contribution < 1.29 is 0 Å². The summed E-state index contributed by atoms with van der Waals surface area (Å²) in [5.41, 5.74) is 2.21. The molecule has 2 atom stereocenters. The molecular weight excluding hydrogens is 376 g/mol. The van der Waals surface area contributed by atoms with Gasteiger partial charge in [0.2, 0.25) is 0 Å². The molecule has 2 rings (SSSR count). The zero-order valence-corrected chi connectivity index (χ0v) is 20.5. The Bertz CT molecular complexity index is 621. The van der Waals surface area contributed by atoms with Crippen molar-refractivity contribution >= 4 is 0 Å². The first-order valence-corrected chi connectivity index (χ1v) is 12.8. The molecular formula is C29H46N2. The summed E-state index contributed by atoms with van der Waals surface area (Å²) in [6.45, 7) is 9.26. The van der Waals surface area contributed by atoms with Gasteiger partial charge in [0.05, 0.1) is 0 Å². The van der Waals surface area contributed by atoms with Crippen LogP contribution in [0.2, 0.25) is 0 Å². The molecule has 0 radical (unpaired) electrons. The third kappa shape index (κ3) is 8.43. The van der Waals surface area contributed by atoms with Gasteiger partial charge < -0.3 is 0 Å². The van der Waals surface area contributed by atoms with Gasteiger partial charge in [-0.05, 0) is 37.8 Å². The maximum absolute atomic E-state index is 4.06. The molecule has 0 saturated carbocycles. The molecule has 0 amide bonds. The van der Waals surface area contributed by atoms with Gasteiger partial charge in [0, 0.05) is 12.1 Å². The average molecular weight is 423 g/mol. The lowest BCUT2D eigenvalue weighted by atomic mass is 9.88. The topological polar surface area (TPSA) is 24.1 Å². The van der Waals surface area contributed by atoms with Crippen LogP contribution in [0.15, 0.2) is 60.7 Å². The van der Waals surface area contributed by atoms with E-state index in [0.29, 0.717) is 12.1 Å². The predicted molar refractivity (Wildman–Crippen MR) is 136 cm³/mol. The van der Waals surface area contributed by atoms with Crippen LogP contribution in [0.1, 0.15) is 103 Å². The van der Waals surface area contributed by atoms with Crippen LogP contribution in [0.3, 0.4) is 0 Å². The summed E-state index contributed by atoms with van der Waals surface area (Å²) in [7, 11) is 0. The number of hydrogen-bond acceptors (Lipinski definition) is 2. The van der Waals surface area contributed by atoms with Gasteiger partial charge >= 0.3 is 0 Å². The molecule has 2 nitrogen and oxygen atoms in total. The van der Waals surface area contributed by atoms with Crippen LogP contribution in [0.5, 0.6) is 0 Å². The van der Waals surface area contributed by atoms with E-state index in [2.05, 4.69) is 99.0 Å². The molecule has 31 heavy (non-hydrogen) atoms. The first-order valence-electron chi connectivity index (χ1n) is 12.8. The molecule has 0 saturated heterocycles. The first-order chi connectivity index (χ1) is 15.1. The van der Waals surface area contributed by atoms with Crippen molar-refractivity contribution in [3.05, 3.63) is 71.8 Å². The lowest BCUT2D eigenvalue weighted by molar-refractivity contribution is 0.245. The van der Waals surface area contributed by atoms with E-state index < -0.39 is 0 Å². The number of hydrogen-bond donors (Lipinski definition) is 2. The van der Waals surface area contributed by atoms with Crippen LogP contribution in [-0.2, 0) is 5.66 Å². The van der Waals surface area contributed by atoms with E-state index in [1.165, 1.54) is 75.3 Å². The second-order valence-electron chi connectivity index (χ2n) is 9.27. The predicted octanol–water partition coefficient (Wildman–Crippen LogP) is 7.78. The Morgan fingerprint density at radius 2 is 0.968 bits per heavy atom. The minimum Gasteiger partial charge on any atom is -0.289 e. The van der Waals surface area contributed by atoms with E-state index in [-0.39, 0.29) is 5.66 Å². The van der Waals surface area contributed by atoms with Crippen molar-refractivity contribution in [2.24, 2.45) is 0 Å². The van der Waals surface area contributed by atoms with Crippen molar-refractivity contribution in [1.29, 1.82) is 0 Å². The lowest BCUT2D eigenvalue weighted by Gasteiger charge is -2.42. The molecule has 2 N–H and O–H groups in total. The summed E-state index contributed by atoms with van der Waals surface area (Å²) in [6.07, 6.45) is 12.9. The zero-order chi connectivity index (χ0) is 22.4. The summed E-state index contributed by atoms with van der Waals surface area (Å²) in [5.74, 6) is 0. The standard InChI is InChI=1S/C29H46N2/c1-5-7-9-13-19-25(3)30-29(27-21-15-11-16-22-27,28-23-17-12-18-24-28)31-26(4)20-14-10-8-6-2/h11-12,15-18,21-26,30-31H,5-10,13-14,19-20H2,1-4H3. The molecule has 2 aromatic carbocycles. The molecule has 2 unspecified atom stereocenters. The summed E-state index contributed by atoms with van der Waals surface area (Å²) >= 11 is 0. The highest BCUT2D eigenvalue weighted by atomic mass is 15.2. The summed E-state index contributed by atoms with van der Waals surface area (Å²) in [5, 5.41) is 8.12. The van der Waals surface area contributed by atoms with Crippen LogP contribution >= 0.6 is 0 Å². The Kier molecular flexibility index (Phi) is 11.9. The van der Waals surface area contributed by atoms with Crippen molar-refractivity contribution in [2.45, 2.75) is 110 Å². The van der Waals surface area contributed by atoms with Gasteiger partial charge in [0.25, 0.3) is 0 Å². The molecule has 172 valence electrons. The highest BCUT2D eigenvalue weighted by Gasteiger charge is 2.36. The number of unbranched alkanes of at least 4 members (excludes halogenated alkanes) is 6. The van der Waals surface area contributed by atoms with E-state index in [1.54, 1.807) is 0 Å². The Morgan fingerprint density at radius 3 is 1.32 bits per heavy atom. The molecule has 0 aromatic heterocycles. The number of benzene rings is 2. The smallest absolute Gasteiger partial charge is 0.122 e. The Morgan fingerprint density at radius 1 is 0.581 bits per heavy atom. The van der Waals surface area contributed by atoms with Gasteiger partial charge in [0.15, 0.2) is 0 Å². The zero-order valence-electron chi connectivity index (χ0n) is 20.5. The van der Waals surface area contributed by atoms with Gasteiger partial charge in [0.1, 0.15) is 5.66 Å². The molecule has 0 aliphatic carbocycles. The SMILES string of the molecule is CCCCCCC(C)NC(NC(C)CCCCCC)(c1ccccc1)c1ccccc1. The fourth-order valence-corrected chi connectivity index (χ4v) is 4.56. The van der Waals surface area contributed by atoms with Crippen LogP contribution < -0.4 is 10.6 Å². The molecule has 0 aliphatic heterocycles. The van der Waals surface area contributed by atoms with Gasteiger partial charge in [-0.2, -0.15) is 0 Å². The summed E-state index contributed by atoms with van der Waals surface area (Å²) in [6, 6.07) is 22.8. The van der Waals surface area contributed by atoms with Gasteiger partial charge in [-0.25, -0.2) is 0 Å². The molecule has 0 spiro atoms. The van der Waals surface area contributed by atoms with Crippen LogP contribution in [0.25, 0.3) is 0 Å². The minimum atomic E-state index is -0.378. The Labute approximate surface area is 192 Å². The van der Waals surface area contributed by atoms with E-state index in [9.17, 15) is 0 Å². The van der Waals surface area contributed by atoms with E-state index in [0.717, 1.165) is 0 Å². The molecule has 0 fully saturated rings. The summed E-state index contributed by atoms with van der Waals surface area (Å²) in [4.78, 5) is 0. The van der Waals surface area contributed by atoms with Crippen LogP contribution in [0, 0.1) is 0 Å². The van der Waals surface area contributed by atoms with Crippen molar-refractivity contribution in [3.8, 4) is 0 Å². The number of rotatable bonds is 16. The quantitative estimate of drug-likeness (QED) is 0.213. The lowest BCUT2D eigenvalue weighted by Crippen LogP contribution is -2.60. The van der Waals surface area contributed by atoms with E-state index in [1.807, 2.05) is 0 Å². The second kappa shape index (κ2) is 14.4. The maximum atomic E-state index is 4.06. The Hall–Kier alpha value is -1.64. The number of nitrogens with one attached hydrogen (secondary N) is 2.